The van der Waals surface area contributed by atoms with Gasteiger partial charge in [0, 0.05) is 34.3 Å². The number of phenolic OH excluding ortho intramolecular Hbond substituents is 3. The van der Waals surface area contributed by atoms with Gasteiger partial charge in [-0.15, -0.1) is 0 Å². The second-order valence-corrected chi connectivity index (χ2v) is 14.2. The molecule has 0 radical (unpaired) electrons. The summed E-state index contributed by atoms with van der Waals surface area (Å²) in [6.07, 6.45) is 1.69. The van der Waals surface area contributed by atoms with Crippen LogP contribution in [-0.2, 0) is 20.0 Å². The van der Waals surface area contributed by atoms with Gasteiger partial charge in [-0.05, 0) is 80.3 Å². The summed E-state index contributed by atoms with van der Waals surface area (Å²) in [5.74, 6) is -2.12. The number of rotatable bonds is 6. The third-order valence-electron chi connectivity index (χ3n) is 7.27. The van der Waals surface area contributed by atoms with E-state index in [-0.39, 0.29) is 34.0 Å². The number of sulfonamides is 2. The summed E-state index contributed by atoms with van der Waals surface area (Å²) in [5, 5.41) is 33.1. The predicted molar refractivity (Wildman–Crippen MR) is 146 cm³/mol. The standard InChI is InChI=1S/C26H26Cl2N2O7S2/c27-16-5-9-18(10-6-16)38(34,35)29-13-1-3-22(29)20-15-21(25(32)26(33)24(20)31)23-4-2-14-30(23)39(36,37)19-11-7-17(28)8-12-19/h5-12,15,22-23,31-33H,1-4,13-14H2. The SMILES string of the molecule is O=S(=O)(c1ccc(Cl)cc1)N1CCCC1c1cc(C2CCCN2S(=O)(=O)c2ccc(Cl)cc2)c(O)c(O)c1O. The van der Waals surface area contributed by atoms with Gasteiger partial charge in [-0.1, -0.05) is 23.2 Å². The van der Waals surface area contributed by atoms with Gasteiger partial charge >= 0.3 is 0 Å². The lowest BCUT2D eigenvalue weighted by molar-refractivity contribution is 0.333. The molecule has 0 spiro atoms. The van der Waals surface area contributed by atoms with Gasteiger partial charge in [0.1, 0.15) is 0 Å². The molecule has 2 heterocycles. The summed E-state index contributed by atoms with van der Waals surface area (Å²) in [7, 11) is -7.99. The van der Waals surface area contributed by atoms with Crippen molar-refractivity contribution in [3.63, 3.8) is 0 Å². The Kier molecular flexibility index (Phi) is 7.51. The highest BCUT2D eigenvalue weighted by Gasteiger charge is 2.42. The third kappa shape index (κ3) is 4.96. The Morgan fingerprint density at radius 3 is 1.33 bits per heavy atom. The zero-order valence-corrected chi connectivity index (χ0v) is 23.7. The molecule has 0 aliphatic carbocycles. The largest absolute Gasteiger partial charge is 0.504 e. The lowest BCUT2D eigenvalue weighted by Gasteiger charge is -2.29. The topological polar surface area (TPSA) is 135 Å². The highest BCUT2D eigenvalue weighted by Crippen LogP contribution is 2.51. The van der Waals surface area contributed by atoms with E-state index < -0.39 is 49.4 Å². The molecule has 0 saturated carbocycles. The third-order valence-corrected chi connectivity index (χ3v) is 11.6. The number of aromatic hydroxyl groups is 3. The van der Waals surface area contributed by atoms with Gasteiger partial charge in [0.25, 0.3) is 0 Å². The van der Waals surface area contributed by atoms with Gasteiger partial charge in [-0.25, -0.2) is 16.8 Å². The van der Waals surface area contributed by atoms with Crippen molar-refractivity contribution in [2.45, 2.75) is 47.6 Å². The minimum absolute atomic E-state index is 0.0255. The Labute approximate surface area is 236 Å². The minimum Gasteiger partial charge on any atom is -0.504 e. The molecule has 0 aromatic heterocycles. The maximum absolute atomic E-state index is 13.5. The van der Waals surface area contributed by atoms with E-state index in [4.69, 9.17) is 23.2 Å². The molecule has 5 rings (SSSR count). The molecule has 208 valence electrons. The number of nitrogens with zero attached hydrogens (tertiary/aromatic N) is 2. The first-order chi connectivity index (χ1) is 18.4. The molecular weight excluding hydrogens is 587 g/mol. The number of hydrogen-bond acceptors (Lipinski definition) is 7. The lowest BCUT2D eigenvalue weighted by atomic mass is 9.95. The molecule has 2 atom stereocenters. The van der Waals surface area contributed by atoms with Gasteiger partial charge in [-0.3, -0.25) is 0 Å². The number of benzene rings is 3. The van der Waals surface area contributed by atoms with Crippen molar-refractivity contribution < 1.29 is 32.2 Å². The van der Waals surface area contributed by atoms with E-state index in [1.54, 1.807) is 0 Å². The Balaban J connectivity index is 1.56. The minimum atomic E-state index is -4.00. The quantitative estimate of drug-likeness (QED) is 0.327. The van der Waals surface area contributed by atoms with E-state index in [9.17, 15) is 32.2 Å². The fourth-order valence-corrected chi connectivity index (χ4v) is 8.96. The first kappa shape index (κ1) is 28.0. The van der Waals surface area contributed by atoms with E-state index in [0.717, 1.165) is 0 Å². The molecular formula is C26H26Cl2N2O7S2. The zero-order chi connectivity index (χ0) is 28.1. The smallest absolute Gasteiger partial charge is 0.243 e. The second kappa shape index (κ2) is 10.5. The fourth-order valence-electron chi connectivity index (χ4n) is 5.36. The van der Waals surface area contributed by atoms with Crippen molar-refractivity contribution in [2.24, 2.45) is 0 Å². The van der Waals surface area contributed by atoms with Crippen molar-refractivity contribution in [1.82, 2.24) is 8.61 Å². The van der Waals surface area contributed by atoms with Gasteiger partial charge in [0.15, 0.2) is 11.5 Å². The normalized spacial score (nSPS) is 21.0. The Bertz CT molecular complexity index is 1500. The van der Waals surface area contributed by atoms with Crippen LogP contribution in [0.2, 0.25) is 10.0 Å². The monoisotopic (exact) mass is 612 g/mol. The molecule has 2 aliphatic heterocycles. The predicted octanol–water partition coefficient (Wildman–Crippen LogP) is 5.16. The maximum Gasteiger partial charge on any atom is 0.243 e. The van der Waals surface area contributed by atoms with Crippen LogP contribution < -0.4 is 0 Å². The lowest BCUT2D eigenvalue weighted by Crippen LogP contribution is -2.32. The summed E-state index contributed by atoms with van der Waals surface area (Å²) in [6, 6.07) is 11.2. The van der Waals surface area contributed by atoms with Crippen molar-refractivity contribution in [1.29, 1.82) is 0 Å². The Morgan fingerprint density at radius 2 is 0.974 bits per heavy atom. The molecule has 39 heavy (non-hydrogen) atoms. The maximum atomic E-state index is 13.5. The van der Waals surface area contributed by atoms with Gasteiger partial charge < -0.3 is 15.3 Å². The highest BCUT2D eigenvalue weighted by molar-refractivity contribution is 7.89. The molecule has 13 heteroatoms. The first-order valence-electron chi connectivity index (χ1n) is 12.3. The number of phenols is 3. The molecule has 3 N–H and O–H groups in total. The zero-order valence-electron chi connectivity index (χ0n) is 20.5. The summed E-state index contributed by atoms with van der Waals surface area (Å²) in [5.41, 5.74) is 0.178. The van der Waals surface area contributed by atoms with Crippen LogP contribution in [-0.4, -0.2) is 53.9 Å². The van der Waals surface area contributed by atoms with Crippen molar-refractivity contribution in [3.8, 4) is 17.2 Å². The van der Waals surface area contributed by atoms with E-state index >= 15 is 0 Å². The van der Waals surface area contributed by atoms with E-state index in [1.807, 2.05) is 0 Å². The van der Waals surface area contributed by atoms with Crippen LogP contribution >= 0.6 is 23.2 Å². The highest BCUT2D eigenvalue weighted by atomic mass is 35.5. The van der Waals surface area contributed by atoms with Gasteiger partial charge in [0.05, 0.1) is 21.9 Å². The summed E-state index contributed by atoms with van der Waals surface area (Å²) < 4.78 is 56.4. The van der Waals surface area contributed by atoms with Gasteiger partial charge in [0.2, 0.25) is 25.8 Å². The van der Waals surface area contributed by atoms with Crippen LogP contribution in [0, 0.1) is 0 Å². The molecule has 3 aromatic rings. The second-order valence-electron chi connectivity index (χ2n) is 9.56. The average molecular weight is 614 g/mol. The van der Waals surface area contributed by atoms with Crippen molar-refractivity contribution in [3.05, 3.63) is 75.8 Å². The van der Waals surface area contributed by atoms with Crippen LogP contribution in [0.1, 0.15) is 48.9 Å². The molecule has 2 unspecified atom stereocenters. The summed E-state index contributed by atoms with van der Waals surface area (Å²) >= 11 is 11.8. The molecule has 0 bridgehead atoms. The summed E-state index contributed by atoms with van der Waals surface area (Å²) in [6.45, 7) is 0.346. The van der Waals surface area contributed by atoms with Crippen molar-refractivity contribution >= 4 is 43.2 Å². The molecule has 9 nitrogen and oxygen atoms in total. The Hall–Kier alpha value is -2.54. The van der Waals surface area contributed by atoms with E-state index in [0.29, 0.717) is 35.7 Å². The van der Waals surface area contributed by atoms with Crippen LogP contribution in [0.15, 0.2) is 64.4 Å². The fraction of sp³-hybridized carbons (Fsp3) is 0.308. The molecule has 2 aliphatic rings. The first-order valence-corrected chi connectivity index (χ1v) is 15.9. The van der Waals surface area contributed by atoms with Crippen LogP contribution in [0.4, 0.5) is 0 Å². The molecule has 2 fully saturated rings. The summed E-state index contributed by atoms with van der Waals surface area (Å²) in [4.78, 5) is 0.0510. The van der Waals surface area contributed by atoms with Crippen LogP contribution in [0.25, 0.3) is 0 Å². The van der Waals surface area contributed by atoms with E-state index in [1.165, 1.54) is 63.2 Å². The molecule has 2 saturated heterocycles. The van der Waals surface area contributed by atoms with Crippen LogP contribution in [0.3, 0.4) is 0 Å². The van der Waals surface area contributed by atoms with Crippen molar-refractivity contribution in [2.75, 3.05) is 13.1 Å². The van der Waals surface area contributed by atoms with Gasteiger partial charge in [-0.2, -0.15) is 8.61 Å². The van der Waals surface area contributed by atoms with E-state index in [2.05, 4.69) is 0 Å². The Morgan fingerprint density at radius 1 is 0.615 bits per heavy atom. The van der Waals surface area contributed by atoms with Crippen LogP contribution in [0.5, 0.6) is 17.2 Å². The number of halogens is 2. The number of hydrogen-bond donors (Lipinski definition) is 3. The molecule has 0 amide bonds. The molecule has 3 aromatic carbocycles. The average Bonchev–Trinajstić information content (AvgIpc) is 3.59.